The predicted molar refractivity (Wildman–Crippen MR) is 64.0 cm³/mol. The van der Waals surface area contributed by atoms with Crippen molar-refractivity contribution in [3.05, 3.63) is 53.9 Å². The van der Waals surface area contributed by atoms with Crippen molar-refractivity contribution in [2.24, 2.45) is 0 Å². The van der Waals surface area contributed by atoms with Crippen molar-refractivity contribution in [3.63, 3.8) is 0 Å². The topological polar surface area (TPSA) is 39.8 Å². The van der Waals surface area contributed by atoms with Crippen molar-refractivity contribution in [3.8, 4) is 10.7 Å². The van der Waals surface area contributed by atoms with Crippen LogP contribution in [-0.2, 0) is 0 Å². The number of hydrogen-bond donors (Lipinski definition) is 0. The Labute approximate surface area is 96.2 Å². The van der Waals surface area contributed by atoms with Crippen molar-refractivity contribution in [2.75, 3.05) is 0 Å². The molecule has 0 fully saturated rings. The van der Waals surface area contributed by atoms with E-state index >= 15 is 0 Å². The molecule has 78 valence electrons. The third kappa shape index (κ3) is 1.44. The molecule has 0 unspecified atom stereocenters. The Balaban J connectivity index is 2.23. The van der Waals surface area contributed by atoms with Crippen LogP contribution in [-0.4, -0.2) is 4.98 Å². The summed E-state index contributed by atoms with van der Waals surface area (Å²) in [5.41, 5.74) is 1.54. The molecule has 1 aromatic carbocycles. The minimum absolute atomic E-state index is 0.601. The Hall–Kier alpha value is -1.94. The van der Waals surface area contributed by atoms with Gasteiger partial charge in [0.15, 0.2) is 11.2 Å². The molecule has 0 aliphatic heterocycles. The maximum Gasteiger partial charge on any atom is 0.252 e. The smallest absolute Gasteiger partial charge is 0.252 e. The van der Waals surface area contributed by atoms with Gasteiger partial charge in [-0.2, -0.15) is 4.73 Å². The van der Waals surface area contributed by atoms with E-state index in [0.29, 0.717) is 5.69 Å². The van der Waals surface area contributed by atoms with Gasteiger partial charge in [0.25, 0.3) is 5.69 Å². The Morgan fingerprint density at radius 1 is 1.06 bits per heavy atom. The molecule has 2 heterocycles. The number of hydrogen-bond acceptors (Lipinski definition) is 3. The Bertz CT molecular complexity index is 615. The molecule has 16 heavy (non-hydrogen) atoms. The number of para-hydroxylation sites is 1. The van der Waals surface area contributed by atoms with Crippen molar-refractivity contribution < 1.29 is 4.73 Å². The number of thiazole rings is 1. The molecule has 3 rings (SSSR count). The van der Waals surface area contributed by atoms with E-state index in [0.717, 1.165) is 20.0 Å². The summed E-state index contributed by atoms with van der Waals surface area (Å²) in [6, 6.07) is 13.2. The van der Waals surface area contributed by atoms with Gasteiger partial charge < -0.3 is 5.21 Å². The Morgan fingerprint density at radius 3 is 2.69 bits per heavy atom. The third-order valence-corrected chi connectivity index (χ3v) is 3.40. The first-order chi connectivity index (χ1) is 7.84. The number of rotatable bonds is 1. The van der Waals surface area contributed by atoms with Crippen LogP contribution in [0.15, 0.2) is 48.7 Å². The highest BCUT2D eigenvalue weighted by Gasteiger charge is 2.12. The van der Waals surface area contributed by atoms with Crippen LogP contribution in [0.3, 0.4) is 0 Å². The highest BCUT2D eigenvalue weighted by Crippen LogP contribution is 2.27. The van der Waals surface area contributed by atoms with Gasteiger partial charge in [-0.05, 0) is 18.2 Å². The average Bonchev–Trinajstić information content (AvgIpc) is 2.73. The highest BCUT2D eigenvalue weighted by molar-refractivity contribution is 7.21. The first-order valence-electron chi connectivity index (χ1n) is 4.89. The second-order valence-electron chi connectivity index (χ2n) is 3.40. The van der Waals surface area contributed by atoms with Gasteiger partial charge in [-0.1, -0.05) is 12.1 Å². The van der Waals surface area contributed by atoms with E-state index in [9.17, 15) is 5.21 Å². The van der Waals surface area contributed by atoms with Crippen LogP contribution in [0.4, 0.5) is 0 Å². The SMILES string of the molecule is [O-][n+]1ccccc1-c1nc2ccccc2s1. The number of fused-ring (bicyclic) bond motifs is 1. The van der Waals surface area contributed by atoms with Gasteiger partial charge in [0.2, 0.25) is 0 Å². The molecular formula is C12H8N2OS. The summed E-state index contributed by atoms with van der Waals surface area (Å²) in [4.78, 5) is 4.44. The zero-order valence-corrected chi connectivity index (χ0v) is 9.15. The molecule has 0 saturated carbocycles. The highest BCUT2D eigenvalue weighted by atomic mass is 32.1. The summed E-state index contributed by atoms with van der Waals surface area (Å²) < 4.78 is 1.94. The van der Waals surface area contributed by atoms with Gasteiger partial charge in [0, 0.05) is 12.1 Å². The number of nitrogens with zero attached hydrogens (tertiary/aromatic N) is 2. The van der Waals surface area contributed by atoms with Crippen molar-refractivity contribution >= 4 is 21.6 Å². The summed E-state index contributed by atoms with van der Waals surface area (Å²) in [5.74, 6) is 0. The quantitative estimate of drug-likeness (QED) is 0.474. The fourth-order valence-corrected chi connectivity index (χ4v) is 2.56. The largest absolute Gasteiger partial charge is 0.618 e. The van der Waals surface area contributed by atoms with Gasteiger partial charge in [0.05, 0.1) is 10.2 Å². The number of pyridine rings is 1. The monoisotopic (exact) mass is 228 g/mol. The third-order valence-electron chi connectivity index (χ3n) is 2.34. The minimum atomic E-state index is 0.601. The predicted octanol–water partition coefficient (Wildman–Crippen LogP) is 2.60. The summed E-state index contributed by atoms with van der Waals surface area (Å²) >= 11 is 1.53. The molecule has 0 bridgehead atoms. The standard InChI is InChI=1S/C12H8N2OS/c15-14-8-4-3-6-10(14)12-13-9-5-1-2-7-11(9)16-12/h1-8H. The lowest BCUT2D eigenvalue weighted by Crippen LogP contribution is -2.27. The van der Waals surface area contributed by atoms with Crippen molar-refractivity contribution in [2.45, 2.75) is 0 Å². The number of aromatic nitrogens is 2. The van der Waals surface area contributed by atoms with E-state index in [2.05, 4.69) is 4.98 Å². The summed E-state index contributed by atoms with van der Waals surface area (Å²) in [6.45, 7) is 0. The normalized spacial score (nSPS) is 10.8. The lowest BCUT2D eigenvalue weighted by Gasteiger charge is -1.98. The first-order valence-corrected chi connectivity index (χ1v) is 5.70. The zero-order chi connectivity index (χ0) is 11.0. The number of benzene rings is 1. The van der Waals surface area contributed by atoms with E-state index in [1.165, 1.54) is 17.5 Å². The van der Waals surface area contributed by atoms with Gasteiger partial charge >= 0.3 is 0 Å². The van der Waals surface area contributed by atoms with Crippen molar-refractivity contribution in [1.29, 1.82) is 0 Å². The van der Waals surface area contributed by atoms with Crippen LogP contribution in [0.1, 0.15) is 0 Å². The fraction of sp³-hybridized carbons (Fsp3) is 0. The van der Waals surface area contributed by atoms with Crippen LogP contribution in [0.25, 0.3) is 20.9 Å². The molecule has 4 heteroatoms. The lowest BCUT2D eigenvalue weighted by molar-refractivity contribution is -0.593. The van der Waals surface area contributed by atoms with Gasteiger partial charge in [-0.25, -0.2) is 4.98 Å². The van der Waals surface area contributed by atoms with Crippen LogP contribution < -0.4 is 4.73 Å². The first kappa shape index (κ1) is 9.30. The summed E-state index contributed by atoms with van der Waals surface area (Å²) in [5, 5.41) is 12.3. The maximum atomic E-state index is 11.6. The molecule has 0 saturated heterocycles. The average molecular weight is 228 g/mol. The second kappa shape index (κ2) is 3.57. The second-order valence-corrected chi connectivity index (χ2v) is 4.43. The van der Waals surface area contributed by atoms with Gasteiger partial charge in [-0.3, -0.25) is 0 Å². The molecule has 0 amide bonds. The molecule has 0 aliphatic rings. The molecule has 0 aliphatic carbocycles. The van der Waals surface area contributed by atoms with Gasteiger partial charge in [-0.15, -0.1) is 11.3 Å². The molecule has 0 radical (unpaired) electrons. The Kier molecular flexibility index (Phi) is 2.08. The zero-order valence-electron chi connectivity index (χ0n) is 8.33. The van der Waals surface area contributed by atoms with E-state index < -0.39 is 0 Å². The lowest BCUT2D eigenvalue weighted by atomic mass is 10.3. The molecule has 3 nitrogen and oxygen atoms in total. The molecule has 0 spiro atoms. The van der Waals surface area contributed by atoms with Crippen LogP contribution in [0.5, 0.6) is 0 Å². The van der Waals surface area contributed by atoms with Crippen LogP contribution in [0, 0.1) is 5.21 Å². The van der Waals surface area contributed by atoms with E-state index in [4.69, 9.17) is 0 Å². The van der Waals surface area contributed by atoms with Gasteiger partial charge in [0.1, 0.15) is 0 Å². The van der Waals surface area contributed by atoms with E-state index in [1.807, 2.05) is 30.3 Å². The summed E-state index contributed by atoms with van der Waals surface area (Å²) in [7, 11) is 0. The maximum absolute atomic E-state index is 11.6. The summed E-state index contributed by atoms with van der Waals surface area (Å²) in [6.07, 6.45) is 1.49. The Morgan fingerprint density at radius 2 is 1.88 bits per heavy atom. The minimum Gasteiger partial charge on any atom is -0.618 e. The van der Waals surface area contributed by atoms with Crippen molar-refractivity contribution in [1.82, 2.24) is 4.98 Å². The molecule has 0 atom stereocenters. The molecule has 0 N–H and O–H groups in total. The fourth-order valence-electron chi connectivity index (χ4n) is 1.58. The van der Waals surface area contributed by atoms with Crippen LogP contribution in [0.2, 0.25) is 0 Å². The van der Waals surface area contributed by atoms with E-state index in [1.54, 1.807) is 12.1 Å². The molecular weight excluding hydrogens is 220 g/mol. The molecule has 2 aromatic heterocycles. The van der Waals surface area contributed by atoms with E-state index in [-0.39, 0.29) is 0 Å². The molecule has 3 aromatic rings. The van der Waals surface area contributed by atoms with Crippen LogP contribution >= 0.6 is 11.3 Å².